The van der Waals surface area contributed by atoms with E-state index in [4.69, 9.17) is 20.4 Å². The molecule has 0 spiro atoms. The maximum atomic E-state index is 12.2. The molecule has 0 aliphatic heterocycles. The van der Waals surface area contributed by atoms with Crippen LogP contribution in [0.25, 0.3) is 0 Å². The summed E-state index contributed by atoms with van der Waals surface area (Å²) in [5.41, 5.74) is 7.22. The van der Waals surface area contributed by atoms with Gasteiger partial charge in [0.15, 0.2) is 23.0 Å². The van der Waals surface area contributed by atoms with Crippen molar-refractivity contribution in [3.63, 3.8) is 0 Å². The van der Waals surface area contributed by atoms with Crippen LogP contribution < -0.4 is 0 Å². The average molecular weight is 1630 g/mol. The number of benzene rings is 4. The molecule has 0 heterocycles. The fraction of sp³-hybridized carbons (Fsp3) is 0.577. The molecule has 8 fully saturated rings. The van der Waals surface area contributed by atoms with Crippen LogP contribution in [0.1, 0.15) is 167 Å². The second-order valence-corrected chi connectivity index (χ2v) is 36.7. The molecule has 0 bridgehead atoms. The smallest absolute Gasteiger partial charge is 0.503 e. The molecule has 4 aromatic rings. The molecule has 12 atom stereocenters. The maximum absolute atomic E-state index is 12.2. The normalized spacial score (nSPS) is 26.3. The molecule has 4 aromatic carbocycles. The van der Waals surface area contributed by atoms with E-state index in [0.29, 0.717) is 0 Å². The SMILES string of the molecule is C=C[Si](C)(C1CCC2CCCCC21)C1CCC2CCCCC21.CCC[Si](C)(C1CCC2CCCCC21)C1CCC2CCCCC21.Oc1c(F)c(F)c(F)c(F)c1F.Oc1c(F)c(F)c(F)c(F)c1F.Oc1c(F)c(F)c(F)c(F)c1F.Oc1c(F)c(F)c(F)c(F)c1F.[CH3-].[CH3-].[CH3-].[CH3-].[Zr+2].[Zr+2]. The van der Waals surface area contributed by atoms with Crippen LogP contribution in [0.4, 0.5) is 87.8 Å². The zero-order valence-corrected chi connectivity index (χ0v) is 63.9. The van der Waals surface area contributed by atoms with E-state index in [2.05, 4.69) is 32.3 Å². The summed E-state index contributed by atoms with van der Waals surface area (Å²) >= 11 is 0. The van der Waals surface area contributed by atoms with Crippen LogP contribution in [0.5, 0.6) is 23.0 Å². The molecule has 0 amide bonds. The minimum atomic E-state index is -2.29. The summed E-state index contributed by atoms with van der Waals surface area (Å²) in [5.74, 6) is -42.7. The molecule has 8 aliphatic rings. The molecule has 28 heteroatoms. The van der Waals surface area contributed by atoms with E-state index in [9.17, 15) is 87.8 Å². The Kier molecular flexibility index (Phi) is 38.0. The van der Waals surface area contributed by atoms with E-state index in [1.807, 2.05) is 0 Å². The topological polar surface area (TPSA) is 80.9 Å². The van der Waals surface area contributed by atoms with Crippen LogP contribution in [-0.4, -0.2) is 36.6 Å². The zero-order valence-electron chi connectivity index (χ0n) is 56.9. The van der Waals surface area contributed by atoms with Crippen molar-refractivity contribution < 1.29 is 161 Å². The molecule has 0 aromatic heterocycles. The summed E-state index contributed by atoms with van der Waals surface area (Å²) in [6.07, 6.45) is 39.2. The van der Waals surface area contributed by atoms with Gasteiger partial charge < -0.3 is 50.1 Å². The van der Waals surface area contributed by atoms with Gasteiger partial charge in [-0.1, -0.05) is 187 Å². The van der Waals surface area contributed by atoms with E-state index in [1.165, 1.54) is 55.0 Å². The third-order valence-corrected chi connectivity index (χ3v) is 34.5. The van der Waals surface area contributed by atoms with Gasteiger partial charge in [0.05, 0.1) is 16.1 Å². The van der Waals surface area contributed by atoms with E-state index < -0.39 is 155 Å². The maximum Gasteiger partial charge on any atom is 2.00 e. The summed E-state index contributed by atoms with van der Waals surface area (Å²) in [4.78, 5) is 0. The van der Waals surface area contributed by atoms with Crippen molar-refractivity contribution in [2.24, 2.45) is 47.3 Å². The Morgan fingerprint density at radius 1 is 0.293 bits per heavy atom. The largest absolute Gasteiger partial charge is 2.00 e. The molecule has 4 N–H and O–H groups in total. The van der Waals surface area contributed by atoms with Gasteiger partial charge in [-0.3, -0.25) is 0 Å². The molecule has 12 unspecified atom stereocenters. The third kappa shape index (κ3) is 19.6. The van der Waals surface area contributed by atoms with Crippen molar-refractivity contribution in [2.45, 2.75) is 209 Å². The molecule has 8 aliphatic carbocycles. The second-order valence-electron chi connectivity index (χ2n) is 27.1. The summed E-state index contributed by atoms with van der Waals surface area (Å²) in [6.45, 7) is 12.6. The fourth-order valence-electron chi connectivity index (χ4n) is 18.2. The molecular weight excluding hydrogens is 1540 g/mol. The van der Waals surface area contributed by atoms with E-state index >= 15 is 0 Å². The molecule has 99 heavy (non-hydrogen) atoms. The van der Waals surface area contributed by atoms with Crippen LogP contribution >= 0.6 is 0 Å². The van der Waals surface area contributed by atoms with Crippen molar-refractivity contribution in [3.8, 4) is 23.0 Å². The van der Waals surface area contributed by atoms with Gasteiger partial charge in [-0.25, -0.2) is 52.7 Å². The summed E-state index contributed by atoms with van der Waals surface area (Å²) in [7, 11) is -2.41. The molecule has 8 saturated carbocycles. The van der Waals surface area contributed by atoms with Crippen molar-refractivity contribution in [3.05, 3.63) is 158 Å². The Morgan fingerprint density at radius 2 is 0.465 bits per heavy atom. The molecule has 0 saturated heterocycles. The van der Waals surface area contributed by atoms with Gasteiger partial charge in [-0.15, -0.1) is 12.3 Å². The monoisotopic (exact) mass is 1620 g/mol. The number of aromatic hydroxyl groups is 4. The zero-order chi connectivity index (χ0) is 68.9. The number of phenolic OH excluding ortho intramolecular Hbond substituents is 4. The van der Waals surface area contributed by atoms with Crippen LogP contribution in [0.2, 0.25) is 41.3 Å². The summed E-state index contributed by atoms with van der Waals surface area (Å²) in [5, 5.41) is 33.2. The molecule has 12 rings (SSSR count). The first-order chi connectivity index (χ1) is 43.8. The van der Waals surface area contributed by atoms with Crippen molar-refractivity contribution in [2.75, 3.05) is 0 Å². The van der Waals surface area contributed by atoms with Gasteiger partial charge in [-0.05, 0) is 69.5 Å². The minimum absolute atomic E-state index is 0. The fourth-order valence-corrected chi connectivity index (χ4v) is 30.6. The number of phenols is 4. The van der Waals surface area contributed by atoms with E-state index in [1.54, 1.807) is 134 Å². The minimum Gasteiger partial charge on any atom is -0.503 e. The third-order valence-electron chi connectivity index (χ3n) is 22.6. The summed E-state index contributed by atoms with van der Waals surface area (Å²) < 4.78 is 243. The van der Waals surface area contributed by atoms with Crippen molar-refractivity contribution in [1.82, 2.24) is 0 Å². The first kappa shape index (κ1) is 93.6. The van der Waals surface area contributed by atoms with Gasteiger partial charge in [0, 0.05) is 0 Å². The quantitative estimate of drug-likeness (QED) is 0.0489. The van der Waals surface area contributed by atoms with Crippen molar-refractivity contribution >= 4 is 16.1 Å². The van der Waals surface area contributed by atoms with Crippen LogP contribution in [0.3, 0.4) is 0 Å². The average Bonchev–Trinajstić information content (AvgIpc) is 1.62. The van der Waals surface area contributed by atoms with Crippen LogP contribution in [0, 0.1) is 193 Å². The number of fused-ring (bicyclic) bond motifs is 4. The molecular formula is C71H92F20O4Si2Zr2. The standard InChI is InChI=1S/C22H40Si.C21H36Si.4C6HF5O.4CH3.2Zr/c1-3-16-23(2,21-14-12-17-8-4-6-10-19(17)21)22-15-13-18-9-5-7-11-20(18)22;1-3-22(2,20-14-12-16-8-4-6-10-18(16)20)21-15-13-17-9-5-7-11-19(17)21;4*7-1-2(8)4(10)6(12)5(11)3(1)9;;;;;;/h17-22H,3-16H2,1-2H3;3,16-21H,1,4-15H2,2H3;4*12H;4*1H3;;/q;;;;;;4*-1;2*+2. The number of hydrogen-bond donors (Lipinski definition) is 4. The van der Waals surface area contributed by atoms with Crippen LogP contribution in [-0.2, 0) is 52.4 Å². The molecule has 0 radical (unpaired) electrons. The van der Waals surface area contributed by atoms with Crippen molar-refractivity contribution in [1.29, 1.82) is 0 Å². The summed E-state index contributed by atoms with van der Waals surface area (Å²) in [6, 6.07) is 1.66. The Bertz CT molecular complexity index is 2540. The second kappa shape index (κ2) is 40.2. The predicted molar refractivity (Wildman–Crippen MR) is 340 cm³/mol. The molecule has 4 nitrogen and oxygen atoms in total. The number of hydrogen-bond acceptors (Lipinski definition) is 4. The van der Waals surface area contributed by atoms with Gasteiger partial charge in [0.2, 0.25) is 116 Å². The van der Waals surface area contributed by atoms with Gasteiger partial charge >= 0.3 is 52.4 Å². The Morgan fingerprint density at radius 3 is 0.657 bits per heavy atom. The number of rotatable bonds is 7. The van der Waals surface area contributed by atoms with Gasteiger partial charge in [0.25, 0.3) is 0 Å². The van der Waals surface area contributed by atoms with E-state index in [-0.39, 0.29) is 82.1 Å². The molecule has 556 valence electrons. The van der Waals surface area contributed by atoms with E-state index in [0.717, 1.165) is 46.6 Å². The Balaban J connectivity index is 0.000000603. The Labute approximate surface area is 610 Å². The van der Waals surface area contributed by atoms with Gasteiger partial charge in [-0.2, -0.15) is 35.1 Å². The predicted octanol–water partition coefficient (Wildman–Crippen LogP) is 24.3. The Hall–Kier alpha value is -3.38. The first-order valence-corrected chi connectivity index (χ1v) is 37.9. The van der Waals surface area contributed by atoms with Gasteiger partial charge in [0.1, 0.15) is 0 Å². The van der Waals surface area contributed by atoms with Crippen LogP contribution in [0.15, 0.2) is 12.3 Å². The number of halogens is 20. The first-order valence-electron chi connectivity index (χ1n) is 32.3.